The summed E-state index contributed by atoms with van der Waals surface area (Å²) in [5, 5.41) is 37.4. The lowest BCUT2D eigenvalue weighted by Crippen LogP contribution is -2.06. The van der Waals surface area contributed by atoms with E-state index in [4.69, 9.17) is 27.3 Å². The molecule has 0 unspecified atom stereocenters. The van der Waals surface area contributed by atoms with Crippen LogP contribution < -0.4 is 0 Å². The van der Waals surface area contributed by atoms with Crippen LogP contribution >= 0.6 is 47.0 Å². The van der Waals surface area contributed by atoms with E-state index in [1.165, 1.54) is 20.8 Å². The van der Waals surface area contributed by atoms with Crippen LogP contribution in [0.25, 0.3) is 43.9 Å². The molecule has 0 saturated carbocycles. The normalized spacial score (nSPS) is 11.5. The minimum Gasteiger partial charge on any atom is -0.466 e. The molecule has 0 spiro atoms. The lowest BCUT2D eigenvalue weighted by atomic mass is 10.0. The first-order valence-corrected chi connectivity index (χ1v) is 49.6. The minimum atomic E-state index is -0.429. The number of carbonyl (C=O) groups is 7. The number of para-hydroxylation sites is 4. The number of benzene rings is 12. The maximum atomic E-state index is 12.8. The number of furan rings is 4. The highest BCUT2D eigenvalue weighted by Gasteiger charge is 2.22. The summed E-state index contributed by atoms with van der Waals surface area (Å²) in [6, 6.07) is 99.7. The summed E-state index contributed by atoms with van der Waals surface area (Å²) < 4.78 is 27.2. The standard InChI is InChI=1S/2C29H27NO4S.2C27H25NO3S.C4H8O2.CH4/c2*1-19(2)8-17-26(30-34-20(3)31)21-9-13-24(14-10-21)35-25-15-11-22(12-16-25)29(32)28-18-23-6-4-5-7-27(23)33-28;2*1-18(2)7-16-24(28-30)19-8-12-22(13-9-19)32-23-14-10-20(11-15-23)27(29)26-17-21-5-3-4-6-25(21)31-26;1-3-6-4(2)5;/h2*4-7,9-16,18-19H,8,17H2,1-3H3;2*3-6,8-15,17-18,30H,7,16H2,1-2H3;3H2,1-2H3;1H4/b30-26+;30-26-;28-24+;28-24-;;. The Balaban J connectivity index is 0.000000176. The molecule has 0 aliphatic rings. The van der Waals surface area contributed by atoms with Crippen molar-refractivity contribution >= 4 is 155 Å². The SMILES string of the molecule is C.CC(=O)O/N=C(/CCC(C)C)c1ccc(Sc2ccc(C(=O)c3cc4ccccc4o3)cc2)cc1.CC(=O)O/N=C(\CCC(C)C)c1ccc(Sc2ccc(C(=O)c3cc4ccccc4o3)cc2)cc1.CC(C)CC/C(=N/O)c1ccc(Sc2ccc(C(=O)c3cc4ccccc4o3)cc2)cc1.CC(C)CC/C(=N\O)c1ccc(Sc2ccc(C(=O)c3cc4ccccc4o3)cc2)cc1.CCOC(C)=O. The molecule has 20 nitrogen and oxygen atoms in total. The van der Waals surface area contributed by atoms with Gasteiger partial charge >= 0.3 is 17.9 Å². The van der Waals surface area contributed by atoms with Crippen LogP contribution in [0, 0.1) is 23.7 Å². The van der Waals surface area contributed by atoms with Gasteiger partial charge in [0.15, 0.2) is 23.0 Å². The number of nitrogens with zero attached hydrogens (tertiary/aromatic N) is 4. The van der Waals surface area contributed by atoms with E-state index in [0.29, 0.717) is 109 Å². The zero-order valence-corrected chi connectivity index (χ0v) is 83.5. The van der Waals surface area contributed by atoms with Crippen molar-refractivity contribution in [3.63, 3.8) is 0 Å². The molecule has 0 atom stereocenters. The summed E-state index contributed by atoms with van der Waals surface area (Å²) in [4.78, 5) is 102. The van der Waals surface area contributed by atoms with Gasteiger partial charge in [-0.1, -0.05) is 252 Å². The molecule has 0 fully saturated rings. The van der Waals surface area contributed by atoms with Gasteiger partial charge in [-0.2, -0.15) is 0 Å². The average Bonchev–Trinajstić information content (AvgIpc) is 1.64. The fraction of sp³-hybridized carbons (Fsp3) is 0.222. The Hall–Kier alpha value is -14.4. The second-order valence-electron chi connectivity index (χ2n) is 34.5. The molecular weight excluding hydrogens is 1850 g/mol. The number of hydrogen-bond acceptors (Lipinski definition) is 24. The van der Waals surface area contributed by atoms with Crippen molar-refractivity contribution in [2.75, 3.05) is 6.61 Å². The molecule has 0 bridgehead atoms. The summed E-state index contributed by atoms with van der Waals surface area (Å²) >= 11 is 6.44. The molecule has 16 rings (SSSR count). The topological polar surface area (TPSA) is 290 Å². The zero-order valence-electron chi connectivity index (χ0n) is 80.2. The van der Waals surface area contributed by atoms with Crippen LogP contribution in [0.15, 0.2) is 393 Å². The van der Waals surface area contributed by atoms with Gasteiger partial charge in [-0.25, -0.2) is 9.59 Å². The van der Waals surface area contributed by atoms with Crippen LogP contribution in [0.2, 0.25) is 0 Å². The largest absolute Gasteiger partial charge is 0.466 e. The number of fused-ring (bicyclic) bond motifs is 4. The van der Waals surface area contributed by atoms with E-state index in [0.717, 1.165) is 146 Å². The maximum Gasteiger partial charge on any atom is 0.331 e. The highest BCUT2D eigenvalue weighted by atomic mass is 32.2. The Morgan fingerprint density at radius 2 is 0.468 bits per heavy atom. The number of ketones is 4. The van der Waals surface area contributed by atoms with Gasteiger partial charge in [-0.05, 0) is 298 Å². The second-order valence-corrected chi connectivity index (χ2v) is 39.1. The van der Waals surface area contributed by atoms with Crippen LogP contribution in [-0.4, -0.2) is 80.9 Å². The van der Waals surface area contributed by atoms with Crippen molar-refractivity contribution in [1.29, 1.82) is 0 Å². The van der Waals surface area contributed by atoms with Gasteiger partial charge in [0.1, 0.15) is 22.3 Å². The maximum absolute atomic E-state index is 12.8. The Bertz CT molecular complexity index is 6450. The van der Waals surface area contributed by atoms with E-state index in [1.54, 1.807) is 78.2 Å². The number of esters is 1. The zero-order chi connectivity index (χ0) is 99.6. The van der Waals surface area contributed by atoms with Crippen molar-refractivity contribution in [1.82, 2.24) is 0 Å². The number of carbonyl (C=O) groups excluding carboxylic acids is 7. The first-order chi connectivity index (χ1) is 67.6. The summed E-state index contributed by atoms with van der Waals surface area (Å²) in [5.74, 6) is 1.94. The van der Waals surface area contributed by atoms with E-state index in [-0.39, 0.29) is 36.5 Å². The average molecular weight is 1960 g/mol. The van der Waals surface area contributed by atoms with E-state index in [2.05, 4.69) is 80.7 Å². The molecular formula is C117H116N4O16S4. The number of hydrogen-bond donors (Lipinski definition) is 2. The Labute approximate surface area is 839 Å². The van der Waals surface area contributed by atoms with Crippen LogP contribution in [-0.2, 0) is 28.8 Å². The van der Waals surface area contributed by atoms with Crippen molar-refractivity contribution in [3.05, 3.63) is 383 Å². The lowest BCUT2D eigenvalue weighted by molar-refractivity contribution is -0.141. The van der Waals surface area contributed by atoms with Crippen LogP contribution in [0.5, 0.6) is 0 Å². The second kappa shape index (κ2) is 53.7. The Kier molecular flexibility index (Phi) is 40.7. The van der Waals surface area contributed by atoms with Gasteiger partial charge < -0.3 is 42.5 Å². The van der Waals surface area contributed by atoms with Crippen LogP contribution in [0.3, 0.4) is 0 Å². The lowest BCUT2D eigenvalue weighted by Gasteiger charge is -2.09. The van der Waals surface area contributed by atoms with E-state index < -0.39 is 11.9 Å². The highest BCUT2D eigenvalue weighted by molar-refractivity contribution is 8.00. The fourth-order valence-corrected chi connectivity index (χ4v) is 17.4. The van der Waals surface area contributed by atoms with Gasteiger partial charge in [0, 0.05) is 104 Å². The van der Waals surface area contributed by atoms with Crippen molar-refractivity contribution in [2.45, 2.75) is 181 Å². The molecule has 0 amide bonds. The molecule has 4 heterocycles. The van der Waals surface area contributed by atoms with Crippen LogP contribution in [0.1, 0.15) is 229 Å². The van der Waals surface area contributed by atoms with Gasteiger partial charge in [0.25, 0.3) is 0 Å². The molecule has 16 aromatic rings. The predicted molar refractivity (Wildman–Crippen MR) is 565 cm³/mol. The molecule has 724 valence electrons. The number of oxime groups is 4. The molecule has 4 aromatic heterocycles. The molecule has 0 radical (unpaired) electrons. The first-order valence-electron chi connectivity index (χ1n) is 46.3. The van der Waals surface area contributed by atoms with E-state index >= 15 is 0 Å². The summed E-state index contributed by atoms with van der Waals surface area (Å²) in [5.41, 5.74) is 11.9. The summed E-state index contributed by atoms with van der Waals surface area (Å²) in [7, 11) is 0. The third-order valence-corrected chi connectivity index (χ3v) is 25.8. The Morgan fingerprint density at radius 1 is 0.277 bits per heavy atom. The minimum absolute atomic E-state index is 0. The first kappa shape index (κ1) is 107. The van der Waals surface area contributed by atoms with Gasteiger partial charge in [-0.3, -0.25) is 24.0 Å². The highest BCUT2D eigenvalue weighted by Crippen LogP contribution is 2.36. The van der Waals surface area contributed by atoms with Crippen LogP contribution in [0.4, 0.5) is 0 Å². The van der Waals surface area contributed by atoms with E-state index in [9.17, 15) is 44.0 Å². The summed E-state index contributed by atoms with van der Waals surface area (Å²) in [6.45, 7) is 23.6. The quantitative estimate of drug-likeness (QED) is 0.00931. The molecule has 12 aromatic carbocycles. The van der Waals surface area contributed by atoms with E-state index in [1.807, 2.05) is 291 Å². The fourth-order valence-electron chi connectivity index (χ4n) is 14.2. The van der Waals surface area contributed by atoms with Gasteiger partial charge in [0.05, 0.1) is 29.5 Å². The number of ether oxygens (including phenoxy) is 1. The van der Waals surface area contributed by atoms with Crippen molar-refractivity contribution < 1.29 is 76.1 Å². The molecule has 0 aliphatic carbocycles. The number of rotatable bonds is 35. The third kappa shape index (κ3) is 32.6. The molecule has 0 saturated heterocycles. The van der Waals surface area contributed by atoms with Gasteiger partial charge in [-0.15, -0.1) is 0 Å². The third-order valence-electron chi connectivity index (χ3n) is 21.7. The van der Waals surface area contributed by atoms with Gasteiger partial charge in [0.2, 0.25) is 23.1 Å². The molecule has 2 N–H and O–H groups in total. The summed E-state index contributed by atoms with van der Waals surface area (Å²) in [6.07, 6.45) is 6.84. The predicted octanol–water partition coefficient (Wildman–Crippen LogP) is 31.1. The monoisotopic (exact) mass is 1960 g/mol. The van der Waals surface area contributed by atoms with Crippen molar-refractivity contribution in [2.24, 2.45) is 44.3 Å². The van der Waals surface area contributed by atoms with Crippen molar-refractivity contribution in [3.8, 4) is 0 Å². The smallest absolute Gasteiger partial charge is 0.331 e. The Morgan fingerprint density at radius 3 is 0.638 bits per heavy atom. The molecule has 0 aliphatic heterocycles. The molecule has 141 heavy (non-hydrogen) atoms. The molecule has 24 heteroatoms.